The summed E-state index contributed by atoms with van der Waals surface area (Å²) in [6.45, 7) is 6.70. The second kappa shape index (κ2) is 14.6. The lowest BCUT2D eigenvalue weighted by molar-refractivity contribution is -0.133. The van der Waals surface area contributed by atoms with Gasteiger partial charge in [0.1, 0.15) is 12.3 Å². The second-order valence-corrected chi connectivity index (χ2v) is 10.1. The molecule has 3 aromatic rings. The van der Waals surface area contributed by atoms with E-state index in [1.807, 2.05) is 47.5 Å². The van der Waals surface area contributed by atoms with Gasteiger partial charge in [0.15, 0.2) is 0 Å². The number of aromatic nitrogens is 1. The molecule has 0 aliphatic carbocycles. The second-order valence-electron chi connectivity index (χ2n) is 9.69. The van der Waals surface area contributed by atoms with E-state index in [0.717, 1.165) is 11.3 Å². The van der Waals surface area contributed by atoms with Gasteiger partial charge in [-0.15, -0.1) is 0 Å². The van der Waals surface area contributed by atoms with Crippen LogP contribution in [0.4, 0.5) is 0 Å². The number of carbonyl (C=O) groups is 2. The van der Waals surface area contributed by atoms with E-state index in [2.05, 4.69) is 18.4 Å². The zero-order valence-electron chi connectivity index (χ0n) is 22.7. The van der Waals surface area contributed by atoms with Gasteiger partial charge in [-0.05, 0) is 54.3 Å². The van der Waals surface area contributed by atoms with Gasteiger partial charge in [-0.3, -0.25) is 9.59 Å². The molecular weight excluding hydrogens is 502 g/mol. The Morgan fingerprint density at radius 1 is 1.00 bits per heavy atom. The molecule has 0 aliphatic heterocycles. The van der Waals surface area contributed by atoms with Crippen molar-refractivity contribution in [1.82, 2.24) is 14.4 Å². The van der Waals surface area contributed by atoms with Crippen molar-refractivity contribution in [3.63, 3.8) is 0 Å². The van der Waals surface area contributed by atoms with Crippen molar-refractivity contribution >= 4 is 23.4 Å². The lowest BCUT2D eigenvalue weighted by atomic mass is 10.1. The van der Waals surface area contributed by atoms with Crippen LogP contribution in [0.25, 0.3) is 0 Å². The Morgan fingerprint density at radius 3 is 2.50 bits per heavy atom. The minimum absolute atomic E-state index is 0.0162. The fraction of sp³-hybridized carbons (Fsp3) is 0.400. The molecule has 204 valence electrons. The number of hydrogen-bond acceptors (Lipinski definition) is 4. The van der Waals surface area contributed by atoms with Crippen LogP contribution in [-0.4, -0.2) is 66.6 Å². The summed E-state index contributed by atoms with van der Waals surface area (Å²) in [5.41, 5.74) is 2.50. The van der Waals surface area contributed by atoms with Crippen molar-refractivity contribution < 1.29 is 19.1 Å². The number of ether oxygens (including phenoxy) is 2. The number of hydrogen-bond donors (Lipinski definition) is 0. The van der Waals surface area contributed by atoms with E-state index in [-0.39, 0.29) is 24.3 Å². The van der Waals surface area contributed by atoms with Crippen molar-refractivity contribution in [3.8, 4) is 5.75 Å². The van der Waals surface area contributed by atoms with Gasteiger partial charge in [0, 0.05) is 55.8 Å². The van der Waals surface area contributed by atoms with Gasteiger partial charge in [-0.1, -0.05) is 49.7 Å². The summed E-state index contributed by atoms with van der Waals surface area (Å²) in [5, 5.41) is 0.713. The van der Waals surface area contributed by atoms with Crippen molar-refractivity contribution in [2.75, 3.05) is 40.5 Å². The molecule has 1 aromatic heterocycles. The average molecular weight is 540 g/mol. The monoisotopic (exact) mass is 539 g/mol. The molecule has 2 amide bonds. The van der Waals surface area contributed by atoms with Crippen molar-refractivity contribution in [2.24, 2.45) is 5.92 Å². The third-order valence-corrected chi connectivity index (χ3v) is 6.59. The van der Waals surface area contributed by atoms with E-state index in [0.29, 0.717) is 55.5 Å². The lowest BCUT2D eigenvalue weighted by Crippen LogP contribution is -2.44. The first-order chi connectivity index (χ1) is 18.3. The average Bonchev–Trinajstić information content (AvgIpc) is 3.34. The van der Waals surface area contributed by atoms with Gasteiger partial charge in [-0.2, -0.15) is 0 Å². The van der Waals surface area contributed by atoms with Crippen LogP contribution < -0.4 is 4.74 Å². The van der Waals surface area contributed by atoms with E-state index >= 15 is 0 Å². The third kappa shape index (κ3) is 8.36. The zero-order valence-corrected chi connectivity index (χ0v) is 23.5. The summed E-state index contributed by atoms with van der Waals surface area (Å²) in [6, 6.07) is 18.8. The molecule has 0 fully saturated rings. The summed E-state index contributed by atoms with van der Waals surface area (Å²) < 4.78 is 12.6. The molecule has 0 radical (unpaired) electrons. The number of carbonyl (C=O) groups excluding carboxylic acids is 2. The number of benzene rings is 2. The summed E-state index contributed by atoms with van der Waals surface area (Å²) in [6.07, 6.45) is 2.63. The van der Waals surface area contributed by atoms with Crippen LogP contribution >= 0.6 is 11.6 Å². The molecule has 0 saturated carbocycles. The molecule has 2 aromatic carbocycles. The minimum Gasteiger partial charge on any atom is -0.497 e. The van der Waals surface area contributed by atoms with E-state index in [4.69, 9.17) is 21.1 Å². The largest absolute Gasteiger partial charge is 0.497 e. The van der Waals surface area contributed by atoms with Gasteiger partial charge < -0.3 is 23.8 Å². The predicted octanol–water partition coefficient (Wildman–Crippen LogP) is 5.36. The van der Waals surface area contributed by atoms with E-state index in [1.54, 1.807) is 43.4 Å². The topological polar surface area (TPSA) is 64.0 Å². The summed E-state index contributed by atoms with van der Waals surface area (Å²) in [4.78, 5) is 30.6. The Balaban J connectivity index is 1.79. The minimum atomic E-state index is -0.208. The first-order valence-electron chi connectivity index (χ1n) is 12.9. The molecule has 0 bridgehead atoms. The van der Waals surface area contributed by atoms with Gasteiger partial charge in [0.05, 0.1) is 13.7 Å². The number of methoxy groups -OCH3 is 2. The highest BCUT2D eigenvalue weighted by molar-refractivity contribution is 6.31. The number of halogens is 1. The van der Waals surface area contributed by atoms with Crippen molar-refractivity contribution in [3.05, 3.63) is 88.7 Å². The van der Waals surface area contributed by atoms with Crippen LogP contribution in [0.2, 0.25) is 5.02 Å². The summed E-state index contributed by atoms with van der Waals surface area (Å²) in [7, 11) is 3.19. The lowest BCUT2D eigenvalue weighted by Gasteiger charge is -2.29. The molecule has 0 unspecified atom stereocenters. The molecule has 0 spiro atoms. The first kappa shape index (κ1) is 29.3. The molecule has 38 heavy (non-hydrogen) atoms. The predicted molar refractivity (Wildman–Crippen MR) is 151 cm³/mol. The number of amides is 2. The molecule has 1 heterocycles. The normalized spacial score (nSPS) is 11.0. The fourth-order valence-corrected chi connectivity index (χ4v) is 4.50. The molecule has 0 saturated heterocycles. The molecule has 7 nitrogen and oxygen atoms in total. The standard InChI is InChI=1S/C30H38ClN3O4/c1-23(2)19-34(21-26-12-8-15-32(26)20-25-10-5-6-14-28(25)31)29(35)22-33(16-9-17-37-3)30(36)24-11-7-13-27(18-24)38-4/h5-8,10-15,18,23H,9,16-17,19-22H2,1-4H3. The third-order valence-electron chi connectivity index (χ3n) is 6.22. The van der Waals surface area contributed by atoms with Crippen LogP contribution in [0.5, 0.6) is 5.75 Å². The quantitative estimate of drug-likeness (QED) is 0.259. The SMILES string of the molecule is COCCCN(CC(=O)N(Cc1cccn1Cc1ccccc1Cl)CC(C)C)C(=O)c1cccc(OC)c1. The number of rotatable bonds is 14. The maximum Gasteiger partial charge on any atom is 0.254 e. The highest BCUT2D eigenvalue weighted by atomic mass is 35.5. The van der Waals surface area contributed by atoms with Gasteiger partial charge >= 0.3 is 0 Å². The van der Waals surface area contributed by atoms with Crippen LogP contribution in [0, 0.1) is 5.92 Å². The molecule has 3 rings (SSSR count). The van der Waals surface area contributed by atoms with Gasteiger partial charge in [0.25, 0.3) is 5.91 Å². The van der Waals surface area contributed by atoms with Gasteiger partial charge in [0.2, 0.25) is 5.91 Å². The molecule has 0 atom stereocenters. The summed E-state index contributed by atoms with van der Waals surface area (Å²) in [5.74, 6) is 0.555. The van der Waals surface area contributed by atoms with E-state index in [9.17, 15) is 9.59 Å². The maximum atomic E-state index is 13.7. The first-order valence-corrected chi connectivity index (χ1v) is 13.3. The van der Waals surface area contributed by atoms with Crippen LogP contribution in [0.15, 0.2) is 66.9 Å². The Bertz CT molecular complexity index is 1190. The molecule has 0 aliphatic rings. The Labute approximate surface area is 230 Å². The number of nitrogens with zero attached hydrogens (tertiary/aromatic N) is 3. The van der Waals surface area contributed by atoms with Crippen molar-refractivity contribution in [2.45, 2.75) is 33.4 Å². The van der Waals surface area contributed by atoms with E-state index < -0.39 is 0 Å². The zero-order chi connectivity index (χ0) is 27.5. The van der Waals surface area contributed by atoms with Crippen LogP contribution in [0.3, 0.4) is 0 Å². The fourth-order valence-electron chi connectivity index (χ4n) is 4.30. The van der Waals surface area contributed by atoms with Crippen LogP contribution in [-0.2, 0) is 22.6 Å². The van der Waals surface area contributed by atoms with E-state index in [1.165, 1.54) is 0 Å². The smallest absolute Gasteiger partial charge is 0.254 e. The highest BCUT2D eigenvalue weighted by Gasteiger charge is 2.24. The highest BCUT2D eigenvalue weighted by Crippen LogP contribution is 2.19. The summed E-state index contributed by atoms with van der Waals surface area (Å²) >= 11 is 6.40. The maximum absolute atomic E-state index is 13.7. The van der Waals surface area contributed by atoms with Gasteiger partial charge in [-0.25, -0.2) is 0 Å². The Kier molecular flexibility index (Phi) is 11.2. The van der Waals surface area contributed by atoms with Crippen molar-refractivity contribution in [1.29, 1.82) is 0 Å². The Hall–Kier alpha value is -3.29. The molecule has 0 N–H and O–H groups in total. The molecule has 8 heteroatoms. The Morgan fingerprint density at radius 2 is 1.79 bits per heavy atom. The van der Waals surface area contributed by atoms with Crippen LogP contribution in [0.1, 0.15) is 41.9 Å². The molecular formula is C30H38ClN3O4.